The van der Waals surface area contributed by atoms with E-state index < -0.39 is 0 Å². The minimum Gasteiger partial charge on any atom is -0.336 e. The average Bonchev–Trinajstić information content (AvgIpc) is 2.75. The molecule has 1 atom stereocenters. The number of allylic oxidation sites excluding steroid dienone is 3. The quantitative estimate of drug-likeness (QED) is 0.807. The van der Waals surface area contributed by atoms with Crippen LogP contribution in [0.3, 0.4) is 0 Å². The number of hydrogen-bond donors (Lipinski definition) is 0. The Hall–Kier alpha value is -2.72. The molecule has 0 bridgehead atoms. The molecular formula is C24H27N3O. The minimum atomic E-state index is 0.0897. The topological polar surface area (TPSA) is 36.4 Å². The van der Waals surface area contributed by atoms with E-state index in [0.717, 1.165) is 44.6 Å². The molecule has 2 heterocycles. The van der Waals surface area contributed by atoms with Crippen LogP contribution in [0.15, 0.2) is 72.6 Å². The van der Waals surface area contributed by atoms with E-state index in [9.17, 15) is 4.79 Å². The third-order valence-corrected chi connectivity index (χ3v) is 5.60. The van der Waals surface area contributed by atoms with Crippen LogP contribution < -0.4 is 0 Å². The molecule has 4 nitrogen and oxygen atoms in total. The minimum absolute atomic E-state index is 0.0897. The van der Waals surface area contributed by atoms with Gasteiger partial charge in [0, 0.05) is 38.6 Å². The maximum Gasteiger partial charge on any atom is 0.255 e. The SMILES string of the molecule is Cc1cncc(C(=O)N2CCN(C(C3=CC=CCC3)c3ccccc3)CC2)c1. The lowest BCUT2D eigenvalue weighted by molar-refractivity contribution is 0.0592. The van der Waals surface area contributed by atoms with Crippen LogP contribution >= 0.6 is 0 Å². The van der Waals surface area contributed by atoms with Gasteiger partial charge in [-0.1, -0.05) is 48.6 Å². The molecule has 1 aliphatic carbocycles. The number of pyridine rings is 1. The summed E-state index contributed by atoms with van der Waals surface area (Å²) in [5.74, 6) is 0.0897. The van der Waals surface area contributed by atoms with E-state index in [4.69, 9.17) is 0 Å². The molecule has 1 aliphatic heterocycles. The zero-order valence-electron chi connectivity index (χ0n) is 16.4. The van der Waals surface area contributed by atoms with E-state index >= 15 is 0 Å². The number of amides is 1. The first-order valence-corrected chi connectivity index (χ1v) is 10.1. The summed E-state index contributed by atoms with van der Waals surface area (Å²) in [5, 5.41) is 0. The number of rotatable bonds is 4. The third kappa shape index (κ3) is 4.07. The number of piperazine rings is 1. The summed E-state index contributed by atoms with van der Waals surface area (Å²) in [6, 6.07) is 13.0. The van der Waals surface area contributed by atoms with Crippen LogP contribution in [0.5, 0.6) is 0 Å². The van der Waals surface area contributed by atoms with Gasteiger partial charge in [-0.15, -0.1) is 0 Å². The van der Waals surface area contributed by atoms with Crippen molar-refractivity contribution in [3.63, 3.8) is 0 Å². The number of nitrogens with zero attached hydrogens (tertiary/aromatic N) is 3. The zero-order valence-corrected chi connectivity index (χ0v) is 16.4. The predicted molar refractivity (Wildman–Crippen MR) is 112 cm³/mol. The van der Waals surface area contributed by atoms with Crippen molar-refractivity contribution >= 4 is 5.91 Å². The molecular weight excluding hydrogens is 346 g/mol. The summed E-state index contributed by atoms with van der Waals surface area (Å²) in [4.78, 5) is 21.5. The molecule has 1 saturated heterocycles. The van der Waals surface area contributed by atoms with Gasteiger partial charge in [0.2, 0.25) is 0 Å². The van der Waals surface area contributed by atoms with Gasteiger partial charge in [-0.25, -0.2) is 0 Å². The lowest BCUT2D eigenvalue weighted by atomic mass is 9.90. The number of aromatic nitrogens is 1. The lowest BCUT2D eigenvalue weighted by Gasteiger charge is -2.40. The Balaban J connectivity index is 1.49. The summed E-state index contributed by atoms with van der Waals surface area (Å²) in [6.07, 6.45) is 12.4. The van der Waals surface area contributed by atoms with Crippen LogP contribution in [0.4, 0.5) is 0 Å². The second-order valence-corrected chi connectivity index (χ2v) is 7.60. The maximum atomic E-state index is 12.8. The summed E-state index contributed by atoms with van der Waals surface area (Å²) >= 11 is 0. The molecule has 0 radical (unpaired) electrons. The van der Waals surface area contributed by atoms with Crippen LogP contribution in [0.25, 0.3) is 0 Å². The van der Waals surface area contributed by atoms with E-state index in [1.807, 2.05) is 17.9 Å². The summed E-state index contributed by atoms with van der Waals surface area (Å²) < 4.78 is 0. The lowest BCUT2D eigenvalue weighted by Crippen LogP contribution is -2.50. The molecule has 1 fully saturated rings. The Morgan fingerprint density at radius 1 is 1.07 bits per heavy atom. The summed E-state index contributed by atoms with van der Waals surface area (Å²) in [7, 11) is 0. The monoisotopic (exact) mass is 373 g/mol. The molecule has 1 amide bonds. The number of benzene rings is 1. The molecule has 1 aromatic heterocycles. The van der Waals surface area contributed by atoms with Crippen LogP contribution in [0, 0.1) is 6.92 Å². The number of carbonyl (C=O) groups excluding carboxylic acids is 1. The van der Waals surface area contributed by atoms with Gasteiger partial charge < -0.3 is 4.90 Å². The average molecular weight is 374 g/mol. The van der Waals surface area contributed by atoms with Gasteiger partial charge in [-0.2, -0.15) is 0 Å². The van der Waals surface area contributed by atoms with E-state index in [1.165, 1.54) is 11.1 Å². The second kappa shape index (κ2) is 8.53. The third-order valence-electron chi connectivity index (χ3n) is 5.60. The Morgan fingerprint density at radius 3 is 2.54 bits per heavy atom. The van der Waals surface area contributed by atoms with E-state index in [-0.39, 0.29) is 5.91 Å². The molecule has 28 heavy (non-hydrogen) atoms. The first-order valence-electron chi connectivity index (χ1n) is 10.1. The van der Waals surface area contributed by atoms with E-state index in [1.54, 1.807) is 12.4 Å². The van der Waals surface area contributed by atoms with Gasteiger partial charge >= 0.3 is 0 Å². The second-order valence-electron chi connectivity index (χ2n) is 7.60. The standard InChI is InChI=1S/C24H27N3O/c1-19-16-22(18-25-17-19)24(28)27-14-12-26(13-15-27)23(20-8-4-2-5-9-20)21-10-6-3-7-11-21/h2-6,8-10,16-18,23H,7,11-15H2,1H3. The molecule has 4 rings (SSSR count). The molecule has 144 valence electrons. The molecule has 1 aromatic carbocycles. The van der Waals surface area contributed by atoms with Crippen molar-refractivity contribution in [2.75, 3.05) is 26.2 Å². The highest BCUT2D eigenvalue weighted by atomic mass is 16.2. The van der Waals surface area contributed by atoms with Crippen LogP contribution in [0.2, 0.25) is 0 Å². The Kier molecular flexibility index (Phi) is 5.68. The molecule has 0 saturated carbocycles. The molecule has 4 heteroatoms. The van der Waals surface area contributed by atoms with E-state index in [2.05, 4.69) is 58.4 Å². The van der Waals surface area contributed by atoms with Gasteiger partial charge in [-0.05, 0) is 42.5 Å². The Morgan fingerprint density at radius 2 is 1.86 bits per heavy atom. The predicted octanol–water partition coefficient (Wildman–Crippen LogP) is 4.17. The van der Waals surface area contributed by atoms with E-state index in [0.29, 0.717) is 11.6 Å². The maximum absolute atomic E-state index is 12.8. The van der Waals surface area contributed by atoms with Crippen molar-refractivity contribution in [2.24, 2.45) is 0 Å². The Labute approximate surface area is 167 Å². The highest BCUT2D eigenvalue weighted by Gasteiger charge is 2.29. The largest absolute Gasteiger partial charge is 0.336 e. The molecule has 2 aliphatic rings. The number of hydrogen-bond acceptors (Lipinski definition) is 3. The van der Waals surface area contributed by atoms with Crippen molar-refractivity contribution in [3.05, 3.63) is 89.3 Å². The fourth-order valence-electron chi connectivity index (χ4n) is 4.18. The number of carbonyl (C=O) groups is 1. The fourth-order valence-corrected chi connectivity index (χ4v) is 4.18. The Bertz CT molecular complexity index is 880. The molecule has 0 spiro atoms. The molecule has 0 N–H and O–H groups in total. The zero-order chi connectivity index (χ0) is 19.3. The van der Waals surface area contributed by atoms with Crippen LogP contribution in [0.1, 0.15) is 40.4 Å². The molecule has 1 unspecified atom stereocenters. The van der Waals surface area contributed by atoms with Gasteiger partial charge in [0.15, 0.2) is 0 Å². The van der Waals surface area contributed by atoms with Crippen molar-refractivity contribution in [3.8, 4) is 0 Å². The first-order chi connectivity index (χ1) is 13.7. The number of aryl methyl sites for hydroxylation is 1. The van der Waals surface area contributed by atoms with Crippen molar-refractivity contribution < 1.29 is 4.79 Å². The first kappa shape index (κ1) is 18.6. The highest BCUT2D eigenvalue weighted by molar-refractivity contribution is 5.94. The van der Waals surface area contributed by atoms with Gasteiger partial charge in [0.1, 0.15) is 0 Å². The fraction of sp³-hybridized carbons (Fsp3) is 0.333. The highest BCUT2D eigenvalue weighted by Crippen LogP contribution is 2.33. The smallest absolute Gasteiger partial charge is 0.255 e. The van der Waals surface area contributed by atoms with Gasteiger partial charge in [-0.3, -0.25) is 14.7 Å². The van der Waals surface area contributed by atoms with Crippen LogP contribution in [-0.2, 0) is 0 Å². The van der Waals surface area contributed by atoms with Gasteiger partial charge in [0.25, 0.3) is 5.91 Å². The van der Waals surface area contributed by atoms with Crippen molar-refractivity contribution in [1.82, 2.24) is 14.8 Å². The van der Waals surface area contributed by atoms with Crippen LogP contribution in [-0.4, -0.2) is 46.9 Å². The normalized spacial score (nSPS) is 18.6. The molecule has 2 aromatic rings. The summed E-state index contributed by atoms with van der Waals surface area (Å²) in [6.45, 7) is 5.23. The van der Waals surface area contributed by atoms with Gasteiger partial charge in [0.05, 0.1) is 11.6 Å². The summed E-state index contributed by atoms with van der Waals surface area (Å²) in [5.41, 5.74) is 4.52. The van der Waals surface area contributed by atoms with Crippen molar-refractivity contribution in [1.29, 1.82) is 0 Å². The van der Waals surface area contributed by atoms with Crippen molar-refractivity contribution in [2.45, 2.75) is 25.8 Å².